The molecule has 0 saturated carbocycles. The van der Waals surface area contributed by atoms with E-state index in [0.717, 1.165) is 50.3 Å². The zero-order chi connectivity index (χ0) is 37.3. The number of carbonyl (C=O) groups is 1. The molecule has 3 aromatic heterocycles. The highest BCUT2D eigenvalue weighted by atomic mass is 35.5. The number of aryl methyl sites for hydroxylation is 2. The third-order valence-electron chi connectivity index (χ3n) is 10.7. The average Bonchev–Trinajstić information content (AvgIpc) is 3.56. The van der Waals surface area contributed by atoms with E-state index >= 15 is 0 Å². The summed E-state index contributed by atoms with van der Waals surface area (Å²) in [6, 6.07) is 14.4. The van der Waals surface area contributed by atoms with Gasteiger partial charge >= 0.3 is 5.69 Å². The molecule has 0 radical (unpaired) electrons. The van der Waals surface area contributed by atoms with Crippen LogP contribution in [0.3, 0.4) is 0 Å². The van der Waals surface area contributed by atoms with Crippen LogP contribution in [0.2, 0.25) is 5.02 Å². The molecule has 2 aliphatic heterocycles. The molecule has 2 saturated heterocycles. The van der Waals surface area contributed by atoms with E-state index in [9.17, 15) is 23.2 Å². The second-order valence-corrected chi connectivity index (χ2v) is 14.2. The highest BCUT2D eigenvalue weighted by molar-refractivity contribution is 6.36. The van der Waals surface area contributed by atoms with E-state index in [2.05, 4.69) is 26.6 Å². The molecule has 1 amide bonds. The molecule has 5 heterocycles. The van der Waals surface area contributed by atoms with Crippen LogP contribution in [-0.2, 0) is 30.0 Å². The number of carbonyl (C=O) groups excluding carboxylic acids is 1. The van der Waals surface area contributed by atoms with Crippen molar-refractivity contribution >= 4 is 39.9 Å². The number of morpholine rings is 1. The molecule has 0 bridgehead atoms. The first-order valence-corrected chi connectivity index (χ1v) is 17.5. The normalized spacial score (nSPS) is 18.0. The number of ether oxygens (including phenoxy) is 2. The quantitative estimate of drug-likeness (QED) is 0.231. The molecule has 12 nitrogen and oxygen atoms in total. The van der Waals surface area contributed by atoms with E-state index in [-0.39, 0.29) is 40.9 Å². The highest BCUT2D eigenvalue weighted by Gasteiger charge is 2.50. The Balaban J connectivity index is 1.13. The summed E-state index contributed by atoms with van der Waals surface area (Å²) in [5, 5.41) is 6.50. The molecule has 1 atom stereocenters. The lowest BCUT2D eigenvalue weighted by Gasteiger charge is -2.53. The van der Waals surface area contributed by atoms with Gasteiger partial charge in [-0.2, -0.15) is 0 Å². The number of rotatable bonds is 7. The number of likely N-dealkylation sites (tertiary alicyclic amines) is 1. The van der Waals surface area contributed by atoms with Crippen molar-refractivity contribution in [3.8, 4) is 28.3 Å². The van der Waals surface area contributed by atoms with Crippen molar-refractivity contribution in [3.63, 3.8) is 0 Å². The lowest BCUT2D eigenvalue weighted by atomic mass is 9.89. The van der Waals surface area contributed by atoms with Gasteiger partial charge in [0.2, 0.25) is 11.8 Å². The Bertz CT molecular complexity index is 2450. The van der Waals surface area contributed by atoms with Gasteiger partial charge in [0, 0.05) is 62.1 Å². The minimum absolute atomic E-state index is 0.00661. The minimum Gasteiger partial charge on any atom is -0.481 e. The summed E-state index contributed by atoms with van der Waals surface area (Å²) in [6.07, 6.45) is -1.20. The summed E-state index contributed by atoms with van der Waals surface area (Å²) in [6.45, 7) is 3.87. The summed E-state index contributed by atoms with van der Waals surface area (Å²) in [5.41, 5.74) is 4.10. The molecule has 2 N–H and O–H groups in total. The smallest absolute Gasteiger partial charge is 0.330 e. The molecule has 3 aliphatic rings. The van der Waals surface area contributed by atoms with Gasteiger partial charge in [-0.15, -0.1) is 0 Å². The van der Waals surface area contributed by atoms with E-state index in [1.165, 1.54) is 14.1 Å². The Kier molecular flexibility index (Phi) is 8.58. The van der Waals surface area contributed by atoms with E-state index < -0.39 is 23.4 Å². The number of hydrogen-bond donors (Lipinski definition) is 2. The van der Waals surface area contributed by atoms with Crippen LogP contribution in [0.15, 0.2) is 58.1 Å². The van der Waals surface area contributed by atoms with Crippen molar-refractivity contribution in [1.82, 2.24) is 29.3 Å². The van der Waals surface area contributed by atoms with Gasteiger partial charge in [-0.3, -0.25) is 23.6 Å². The lowest BCUT2D eigenvalue weighted by molar-refractivity contribution is -0.179. The summed E-state index contributed by atoms with van der Waals surface area (Å²) < 4.78 is 41.8. The summed E-state index contributed by atoms with van der Waals surface area (Å²) in [7, 11) is 4.36. The third kappa shape index (κ3) is 5.76. The minimum atomic E-state index is -2.94. The molecule has 2 fully saturated rings. The Hall–Kier alpha value is -5.18. The van der Waals surface area contributed by atoms with Crippen LogP contribution in [0.4, 0.5) is 20.3 Å². The first kappa shape index (κ1) is 34.9. The maximum absolute atomic E-state index is 14.0. The lowest BCUT2D eigenvalue weighted by Crippen LogP contribution is -2.70. The first-order chi connectivity index (χ1) is 25.4. The molecule has 274 valence electrons. The summed E-state index contributed by atoms with van der Waals surface area (Å²) in [5.74, 6) is 0.360. The van der Waals surface area contributed by atoms with Crippen LogP contribution in [-0.4, -0.2) is 68.9 Å². The maximum Gasteiger partial charge on any atom is 0.330 e. The molecule has 2 aromatic carbocycles. The largest absolute Gasteiger partial charge is 0.481 e. The predicted molar refractivity (Wildman–Crippen MR) is 196 cm³/mol. The zero-order valence-electron chi connectivity index (χ0n) is 29.4. The molecule has 8 rings (SSSR count). The van der Waals surface area contributed by atoms with Crippen LogP contribution >= 0.6 is 11.6 Å². The van der Waals surface area contributed by atoms with Crippen LogP contribution in [0.25, 0.3) is 33.3 Å². The molecule has 53 heavy (non-hydrogen) atoms. The summed E-state index contributed by atoms with van der Waals surface area (Å²) >= 11 is 7.19. The molecular formula is C38H36ClF2N7O5. The van der Waals surface area contributed by atoms with Crippen molar-refractivity contribution < 1.29 is 23.0 Å². The number of amides is 1. The van der Waals surface area contributed by atoms with Crippen LogP contribution in [0.5, 0.6) is 5.88 Å². The highest BCUT2D eigenvalue weighted by Crippen LogP contribution is 2.47. The van der Waals surface area contributed by atoms with Gasteiger partial charge in [0.25, 0.3) is 12.0 Å². The molecule has 0 unspecified atom stereocenters. The van der Waals surface area contributed by atoms with Gasteiger partial charge < -0.3 is 20.1 Å². The molecule has 5 aromatic rings. The van der Waals surface area contributed by atoms with E-state index in [1.807, 2.05) is 31.2 Å². The van der Waals surface area contributed by atoms with Gasteiger partial charge in [0.15, 0.2) is 0 Å². The van der Waals surface area contributed by atoms with Crippen molar-refractivity contribution in [2.75, 3.05) is 38.7 Å². The Morgan fingerprint density at radius 1 is 1.04 bits per heavy atom. The number of hydrogen-bond acceptors (Lipinski definition) is 9. The molecule has 1 aliphatic carbocycles. The number of alkyl halides is 2. The van der Waals surface area contributed by atoms with Gasteiger partial charge in [-0.1, -0.05) is 41.9 Å². The second-order valence-electron chi connectivity index (χ2n) is 13.9. The van der Waals surface area contributed by atoms with Gasteiger partial charge in [-0.25, -0.2) is 23.5 Å². The van der Waals surface area contributed by atoms with Crippen LogP contribution in [0.1, 0.15) is 41.3 Å². The Morgan fingerprint density at radius 3 is 2.49 bits per heavy atom. The van der Waals surface area contributed by atoms with Crippen molar-refractivity contribution in [3.05, 3.63) is 96.8 Å². The molecule has 15 heteroatoms. The number of nitrogens with one attached hydrogen (secondary N) is 2. The molecule has 1 spiro atoms. The number of methoxy groups -OCH3 is 1. The number of fused-ring (bicyclic) bond motifs is 2. The Morgan fingerprint density at radius 2 is 1.77 bits per heavy atom. The number of halogens is 3. The summed E-state index contributed by atoms with van der Waals surface area (Å²) in [4.78, 5) is 49.0. The van der Waals surface area contributed by atoms with E-state index in [4.69, 9.17) is 26.1 Å². The van der Waals surface area contributed by atoms with E-state index in [0.29, 0.717) is 53.0 Å². The number of benzene rings is 2. The Labute approximate surface area is 307 Å². The van der Waals surface area contributed by atoms with Crippen molar-refractivity contribution in [1.29, 1.82) is 0 Å². The monoisotopic (exact) mass is 743 g/mol. The van der Waals surface area contributed by atoms with Gasteiger partial charge in [0.1, 0.15) is 29.1 Å². The van der Waals surface area contributed by atoms with Crippen LogP contribution < -0.4 is 26.6 Å². The van der Waals surface area contributed by atoms with Crippen LogP contribution in [0, 0.1) is 6.92 Å². The number of pyridine rings is 2. The van der Waals surface area contributed by atoms with E-state index in [1.54, 1.807) is 19.2 Å². The van der Waals surface area contributed by atoms with Gasteiger partial charge in [-0.05, 0) is 54.7 Å². The first-order valence-electron chi connectivity index (χ1n) is 17.2. The number of nitrogens with zero attached hydrogens (tertiary/aromatic N) is 5. The molecular weight excluding hydrogens is 708 g/mol. The van der Waals surface area contributed by atoms with Gasteiger partial charge in [0.05, 0.1) is 23.3 Å². The SMILES string of the molecule is COc1nc(-c2cccc(-c3cccc(Nc4nc(C(F)F)cc5c4c(=O)n(C)c(=O)n5C)c3C)c2Cl)cc2c1[C@@H](N1CC3(CNC(=O)CO3)C1)CC2. The third-order valence-corrected chi connectivity index (χ3v) is 11.1. The maximum atomic E-state index is 14.0. The predicted octanol–water partition coefficient (Wildman–Crippen LogP) is 5.20. The standard InChI is InChI=1S/C38H36ClF2N7O5/c1-19-21(7-6-10-24(19)43-34-31-28(14-26(44-34)33(40)41)46(2)37(51)47(3)36(31)50)22-8-5-9-23(32(22)39)25-13-20-11-12-27(30(20)35(45-25)52-4)48-17-38(18-48)16-42-29(49)15-53-38/h5-10,13-14,27,33H,11-12,15-18H2,1-4H3,(H,42,49)(H,43,44)/t27-/m0/s1. The second kappa shape index (κ2) is 13.0. The average molecular weight is 744 g/mol. The fourth-order valence-corrected chi connectivity index (χ4v) is 8.20. The van der Waals surface area contributed by atoms with Crippen molar-refractivity contribution in [2.24, 2.45) is 14.1 Å². The topological polar surface area (TPSA) is 133 Å². The zero-order valence-corrected chi connectivity index (χ0v) is 30.2. The fourth-order valence-electron chi connectivity index (χ4n) is 7.88. The number of aromatic nitrogens is 4. The van der Waals surface area contributed by atoms with Crippen molar-refractivity contribution in [2.45, 2.75) is 37.8 Å². The number of anilines is 2. The fraction of sp³-hybridized carbons (Fsp3) is 0.342.